The second-order valence-electron chi connectivity index (χ2n) is 4.56. The van der Waals surface area contributed by atoms with E-state index in [-0.39, 0.29) is 5.69 Å². The van der Waals surface area contributed by atoms with Crippen LogP contribution in [0.15, 0.2) is 28.8 Å². The summed E-state index contributed by atoms with van der Waals surface area (Å²) in [5.74, 6) is 0.675. The van der Waals surface area contributed by atoms with Crippen LogP contribution < -0.4 is 10.6 Å². The van der Waals surface area contributed by atoms with Gasteiger partial charge in [-0.15, -0.1) is 0 Å². The molecule has 0 radical (unpaired) electrons. The maximum absolute atomic E-state index is 12.6. The predicted molar refractivity (Wildman–Crippen MR) is 69.2 cm³/mol. The van der Waals surface area contributed by atoms with Crippen molar-refractivity contribution in [2.24, 2.45) is 0 Å². The summed E-state index contributed by atoms with van der Waals surface area (Å²) >= 11 is 0. The van der Waals surface area contributed by atoms with Gasteiger partial charge in [0, 0.05) is 13.1 Å². The first-order chi connectivity index (χ1) is 9.27. The molecule has 1 aromatic carbocycles. The lowest BCUT2D eigenvalue weighted by Crippen LogP contribution is -2.18. The van der Waals surface area contributed by atoms with Crippen molar-refractivity contribution in [2.75, 3.05) is 17.7 Å². The summed E-state index contributed by atoms with van der Waals surface area (Å²) in [7, 11) is 1.73. The van der Waals surface area contributed by atoms with E-state index >= 15 is 0 Å². The van der Waals surface area contributed by atoms with Crippen molar-refractivity contribution in [1.82, 2.24) is 5.16 Å². The fourth-order valence-corrected chi connectivity index (χ4v) is 1.90. The number of anilines is 2. The number of alkyl halides is 3. The van der Waals surface area contributed by atoms with Crippen molar-refractivity contribution in [3.8, 4) is 0 Å². The number of aryl methyl sites for hydroxylation is 1. The normalized spacial score (nSPS) is 11.7. The highest BCUT2D eigenvalue weighted by atomic mass is 19.4. The van der Waals surface area contributed by atoms with E-state index < -0.39 is 11.7 Å². The lowest BCUT2D eigenvalue weighted by molar-refractivity contribution is -0.137. The van der Waals surface area contributed by atoms with Crippen molar-refractivity contribution in [3.05, 3.63) is 41.3 Å². The Morgan fingerprint density at radius 3 is 2.50 bits per heavy atom. The maximum atomic E-state index is 12.6. The second kappa shape index (κ2) is 5.07. The monoisotopic (exact) mass is 285 g/mol. The van der Waals surface area contributed by atoms with E-state index in [0.29, 0.717) is 23.7 Å². The van der Waals surface area contributed by atoms with E-state index in [2.05, 4.69) is 5.16 Å². The average Bonchev–Trinajstić information content (AvgIpc) is 2.73. The molecular weight excluding hydrogens is 271 g/mol. The fourth-order valence-electron chi connectivity index (χ4n) is 1.90. The van der Waals surface area contributed by atoms with Gasteiger partial charge in [0.1, 0.15) is 11.5 Å². The molecule has 0 saturated carbocycles. The molecule has 0 aliphatic carbocycles. The third-order valence-electron chi connectivity index (χ3n) is 2.84. The number of hydrogen-bond acceptors (Lipinski definition) is 4. The third-order valence-corrected chi connectivity index (χ3v) is 2.84. The molecule has 108 valence electrons. The van der Waals surface area contributed by atoms with Crippen LogP contribution in [0.5, 0.6) is 0 Å². The van der Waals surface area contributed by atoms with E-state index in [0.717, 1.165) is 12.1 Å². The maximum Gasteiger partial charge on any atom is 0.416 e. The second-order valence-corrected chi connectivity index (χ2v) is 4.56. The lowest BCUT2D eigenvalue weighted by atomic mass is 10.1. The molecule has 1 heterocycles. The van der Waals surface area contributed by atoms with Crippen molar-refractivity contribution >= 4 is 11.4 Å². The van der Waals surface area contributed by atoms with Crippen molar-refractivity contribution in [3.63, 3.8) is 0 Å². The Morgan fingerprint density at radius 1 is 1.30 bits per heavy atom. The Hall–Kier alpha value is -2.18. The Bertz CT molecular complexity index is 607. The summed E-state index contributed by atoms with van der Waals surface area (Å²) in [4.78, 5) is 1.72. The molecule has 0 spiro atoms. The largest absolute Gasteiger partial charge is 0.416 e. The third kappa shape index (κ3) is 3.04. The summed E-state index contributed by atoms with van der Waals surface area (Å²) in [5, 5.41) is 3.83. The number of aromatic nitrogens is 1. The van der Waals surface area contributed by atoms with Crippen LogP contribution in [0.2, 0.25) is 0 Å². The molecule has 0 bridgehead atoms. The first-order valence-corrected chi connectivity index (χ1v) is 5.87. The van der Waals surface area contributed by atoms with Gasteiger partial charge in [0.15, 0.2) is 0 Å². The van der Waals surface area contributed by atoms with Gasteiger partial charge in [-0.2, -0.15) is 13.2 Å². The smallest absolute Gasteiger partial charge is 0.397 e. The number of halogens is 3. The van der Waals surface area contributed by atoms with Crippen LogP contribution in [0, 0.1) is 6.92 Å². The molecule has 0 amide bonds. The van der Waals surface area contributed by atoms with Gasteiger partial charge >= 0.3 is 6.18 Å². The zero-order valence-corrected chi connectivity index (χ0v) is 11.0. The SMILES string of the molecule is Cc1cc(CN(C)c2ccc(C(F)(F)F)cc2N)no1. The van der Waals surface area contributed by atoms with Crippen LogP contribution in [0.3, 0.4) is 0 Å². The van der Waals surface area contributed by atoms with Gasteiger partial charge in [-0.25, -0.2) is 0 Å². The molecule has 0 fully saturated rings. The lowest BCUT2D eigenvalue weighted by Gasteiger charge is -2.20. The Morgan fingerprint density at radius 2 is 2.00 bits per heavy atom. The molecular formula is C13H14F3N3O. The minimum absolute atomic E-state index is 0.0718. The Balaban J connectivity index is 2.20. The minimum Gasteiger partial charge on any atom is -0.397 e. The van der Waals surface area contributed by atoms with E-state index in [9.17, 15) is 13.2 Å². The van der Waals surface area contributed by atoms with Crippen molar-refractivity contribution < 1.29 is 17.7 Å². The summed E-state index contributed by atoms with van der Waals surface area (Å²) < 4.78 is 42.6. The summed E-state index contributed by atoms with van der Waals surface area (Å²) in [6, 6.07) is 5.05. The number of nitrogen functional groups attached to an aromatic ring is 1. The van der Waals surface area contributed by atoms with E-state index in [4.69, 9.17) is 10.3 Å². The fraction of sp³-hybridized carbons (Fsp3) is 0.308. The molecule has 0 aliphatic heterocycles. The predicted octanol–water partition coefficient (Wildman–Crippen LogP) is 3.22. The van der Waals surface area contributed by atoms with Gasteiger partial charge < -0.3 is 15.2 Å². The Labute approximate surface area is 114 Å². The van der Waals surface area contributed by atoms with Crippen molar-refractivity contribution in [2.45, 2.75) is 19.6 Å². The summed E-state index contributed by atoms with van der Waals surface area (Å²) in [5.41, 5.74) is 6.20. The number of benzene rings is 1. The van der Waals surface area contributed by atoms with Gasteiger partial charge in [-0.1, -0.05) is 5.16 Å². The first-order valence-electron chi connectivity index (χ1n) is 5.87. The van der Waals surface area contributed by atoms with Gasteiger partial charge in [0.2, 0.25) is 0 Å². The van der Waals surface area contributed by atoms with Crippen LogP contribution in [0.25, 0.3) is 0 Å². The van der Waals surface area contributed by atoms with Gasteiger partial charge in [0.25, 0.3) is 0 Å². The van der Waals surface area contributed by atoms with Gasteiger partial charge in [0.05, 0.1) is 23.5 Å². The number of nitrogens with two attached hydrogens (primary N) is 1. The minimum atomic E-state index is -4.39. The molecule has 2 N–H and O–H groups in total. The summed E-state index contributed by atoms with van der Waals surface area (Å²) in [6.07, 6.45) is -4.39. The number of nitrogens with zero attached hydrogens (tertiary/aromatic N) is 2. The standard InChI is InChI=1S/C13H14F3N3O/c1-8-5-10(18-20-8)7-19(2)12-4-3-9(6-11(12)17)13(14,15)16/h3-6H,7,17H2,1-2H3. The van der Waals surface area contributed by atoms with E-state index in [1.807, 2.05) is 0 Å². The highest BCUT2D eigenvalue weighted by Crippen LogP contribution is 2.34. The highest BCUT2D eigenvalue weighted by Gasteiger charge is 2.31. The number of rotatable bonds is 3. The van der Waals surface area contributed by atoms with E-state index in [1.165, 1.54) is 6.07 Å². The molecule has 7 heteroatoms. The Kier molecular flexibility index (Phi) is 3.61. The number of hydrogen-bond donors (Lipinski definition) is 1. The highest BCUT2D eigenvalue weighted by molar-refractivity contribution is 5.68. The quantitative estimate of drug-likeness (QED) is 0.880. The first kappa shape index (κ1) is 14.2. The average molecular weight is 285 g/mol. The van der Waals surface area contributed by atoms with Gasteiger partial charge in [-0.05, 0) is 25.1 Å². The molecule has 0 saturated heterocycles. The molecule has 20 heavy (non-hydrogen) atoms. The van der Waals surface area contributed by atoms with E-state index in [1.54, 1.807) is 24.9 Å². The zero-order chi connectivity index (χ0) is 14.9. The molecule has 0 aliphatic rings. The molecule has 0 atom stereocenters. The van der Waals surface area contributed by atoms with Crippen molar-refractivity contribution in [1.29, 1.82) is 0 Å². The van der Waals surface area contributed by atoms with Crippen LogP contribution in [0.1, 0.15) is 17.0 Å². The van der Waals surface area contributed by atoms with Crippen LogP contribution in [-0.4, -0.2) is 12.2 Å². The molecule has 1 aromatic heterocycles. The molecule has 2 rings (SSSR count). The topological polar surface area (TPSA) is 55.3 Å². The van der Waals surface area contributed by atoms with Gasteiger partial charge in [-0.3, -0.25) is 0 Å². The summed E-state index contributed by atoms with van der Waals surface area (Å²) in [6.45, 7) is 2.16. The van der Waals surface area contributed by atoms with Crippen LogP contribution in [0.4, 0.5) is 24.5 Å². The molecule has 2 aromatic rings. The molecule has 0 unspecified atom stereocenters. The zero-order valence-electron chi connectivity index (χ0n) is 11.0. The van der Waals surface area contributed by atoms with Crippen LogP contribution in [-0.2, 0) is 12.7 Å². The molecule has 4 nitrogen and oxygen atoms in total. The van der Waals surface area contributed by atoms with Crippen LogP contribution >= 0.6 is 0 Å².